The van der Waals surface area contributed by atoms with Gasteiger partial charge in [0.15, 0.2) is 5.65 Å². The van der Waals surface area contributed by atoms with Crippen LogP contribution < -0.4 is 10.6 Å². The number of nitrogens with zero attached hydrogens (tertiary/aromatic N) is 4. The standard InChI is InChI=1S/C20H24N6/c1-14-4-5-15-11-17(14)18-13-23-26-9-6-19(24-20(18)26)21-7-10-25-8-2-3-16(25)12-22-15/h4-6,9,11,13,16,22H,2-3,7-8,10,12H2,1H3,(H,21,24)/t16-/m0/s1. The molecule has 0 unspecified atom stereocenters. The van der Waals surface area contributed by atoms with Gasteiger partial charge in [-0.1, -0.05) is 6.07 Å². The van der Waals surface area contributed by atoms with Crippen LogP contribution >= 0.6 is 0 Å². The van der Waals surface area contributed by atoms with Gasteiger partial charge in [0.05, 0.1) is 6.20 Å². The molecule has 2 aromatic heterocycles. The molecule has 0 saturated carbocycles. The lowest BCUT2D eigenvalue weighted by molar-refractivity contribution is 0.273. The molecule has 3 aromatic rings. The molecular formula is C20H24N6. The molecule has 2 aliphatic rings. The number of nitrogens with one attached hydrogen (secondary N) is 2. The molecule has 4 heterocycles. The van der Waals surface area contributed by atoms with E-state index in [0.29, 0.717) is 6.04 Å². The summed E-state index contributed by atoms with van der Waals surface area (Å²) in [5.74, 6) is 0.916. The van der Waals surface area contributed by atoms with Crippen LogP contribution in [0, 0.1) is 6.92 Å². The van der Waals surface area contributed by atoms with Crippen molar-refractivity contribution in [1.29, 1.82) is 0 Å². The van der Waals surface area contributed by atoms with Gasteiger partial charge >= 0.3 is 0 Å². The fourth-order valence-corrected chi connectivity index (χ4v) is 4.16. The molecule has 1 atom stereocenters. The highest BCUT2D eigenvalue weighted by atomic mass is 15.3. The summed E-state index contributed by atoms with van der Waals surface area (Å²) in [7, 11) is 0. The highest BCUT2D eigenvalue weighted by Crippen LogP contribution is 2.30. The van der Waals surface area contributed by atoms with E-state index in [2.05, 4.69) is 45.8 Å². The molecule has 1 saturated heterocycles. The predicted octanol–water partition coefficient (Wildman–Crippen LogP) is 3.01. The number of hydrogen-bond acceptors (Lipinski definition) is 5. The Morgan fingerprint density at radius 1 is 1.12 bits per heavy atom. The van der Waals surface area contributed by atoms with Gasteiger partial charge in [0, 0.05) is 43.1 Å². The molecule has 1 aromatic carbocycles. The number of benzene rings is 1. The SMILES string of the molecule is Cc1ccc2cc1-c1cnn3ccc(nc13)NCCN1CCC[C@H]1CN2. The van der Waals surface area contributed by atoms with Crippen molar-refractivity contribution >= 4 is 17.2 Å². The Morgan fingerprint density at radius 3 is 3.04 bits per heavy atom. The molecule has 0 radical (unpaired) electrons. The first-order valence-corrected chi connectivity index (χ1v) is 9.45. The Kier molecular flexibility index (Phi) is 3.78. The van der Waals surface area contributed by atoms with Crippen molar-refractivity contribution in [1.82, 2.24) is 19.5 Å². The first-order chi connectivity index (χ1) is 12.8. The molecule has 26 heavy (non-hydrogen) atoms. The lowest BCUT2D eigenvalue weighted by Crippen LogP contribution is -2.38. The van der Waals surface area contributed by atoms with Crippen LogP contribution in [0.5, 0.6) is 0 Å². The van der Waals surface area contributed by atoms with Crippen LogP contribution in [0.3, 0.4) is 0 Å². The van der Waals surface area contributed by atoms with Gasteiger partial charge in [-0.3, -0.25) is 4.90 Å². The zero-order chi connectivity index (χ0) is 17.5. The monoisotopic (exact) mass is 348 g/mol. The molecule has 6 heteroatoms. The Morgan fingerprint density at radius 2 is 2.08 bits per heavy atom. The van der Waals surface area contributed by atoms with Crippen molar-refractivity contribution in [2.45, 2.75) is 25.8 Å². The second-order valence-corrected chi connectivity index (χ2v) is 7.31. The summed E-state index contributed by atoms with van der Waals surface area (Å²) >= 11 is 0. The molecule has 6 nitrogen and oxygen atoms in total. The van der Waals surface area contributed by atoms with Crippen LogP contribution in [0.4, 0.5) is 11.5 Å². The van der Waals surface area contributed by atoms with Crippen LogP contribution in [0.15, 0.2) is 36.7 Å². The van der Waals surface area contributed by atoms with Gasteiger partial charge in [-0.15, -0.1) is 0 Å². The Balaban J connectivity index is 1.62. The lowest BCUT2D eigenvalue weighted by atomic mass is 10.0. The molecule has 0 amide bonds. The molecule has 5 rings (SSSR count). The summed E-state index contributed by atoms with van der Waals surface area (Å²) in [6.45, 7) is 6.28. The van der Waals surface area contributed by atoms with E-state index in [-0.39, 0.29) is 0 Å². The van der Waals surface area contributed by atoms with E-state index in [4.69, 9.17) is 4.98 Å². The first kappa shape index (κ1) is 15.6. The van der Waals surface area contributed by atoms with Crippen LogP contribution in [0.25, 0.3) is 16.8 Å². The first-order valence-electron chi connectivity index (χ1n) is 9.45. The zero-order valence-electron chi connectivity index (χ0n) is 15.1. The van der Waals surface area contributed by atoms with E-state index in [1.807, 2.05) is 23.0 Å². The van der Waals surface area contributed by atoms with Gasteiger partial charge in [0.25, 0.3) is 0 Å². The summed E-state index contributed by atoms with van der Waals surface area (Å²) in [6, 6.07) is 9.20. The zero-order valence-corrected chi connectivity index (χ0v) is 15.1. The van der Waals surface area contributed by atoms with Crippen molar-refractivity contribution in [3.8, 4) is 11.1 Å². The summed E-state index contributed by atoms with van der Waals surface area (Å²) in [5, 5.41) is 11.6. The molecule has 0 spiro atoms. The molecule has 134 valence electrons. The van der Waals surface area contributed by atoms with Crippen molar-refractivity contribution in [3.05, 3.63) is 42.2 Å². The maximum Gasteiger partial charge on any atom is 0.165 e. The second kappa shape index (κ2) is 6.29. The van der Waals surface area contributed by atoms with Gasteiger partial charge in [0.2, 0.25) is 0 Å². The van der Waals surface area contributed by atoms with Gasteiger partial charge in [0.1, 0.15) is 5.82 Å². The summed E-state index contributed by atoms with van der Waals surface area (Å²) in [4.78, 5) is 7.42. The minimum Gasteiger partial charge on any atom is -0.383 e. The minimum atomic E-state index is 0.603. The van der Waals surface area contributed by atoms with Gasteiger partial charge in [-0.25, -0.2) is 9.50 Å². The van der Waals surface area contributed by atoms with Crippen LogP contribution in [0.1, 0.15) is 18.4 Å². The fraction of sp³-hybridized carbons (Fsp3) is 0.400. The third kappa shape index (κ3) is 2.70. The number of aryl methyl sites for hydroxylation is 1. The molecule has 4 bridgehead atoms. The minimum absolute atomic E-state index is 0.603. The topological polar surface area (TPSA) is 57.5 Å². The van der Waals surface area contributed by atoms with E-state index in [1.54, 1.807) is 0 Å². The van der Waals surface area contributed by atoms with E-state index < -0.39 is 0 Å². The molecule has 2 N–H and O–H groups in total. The number of rotatable bonds is 0. The van der Waals surface area contributed by atoms with E-state index in [9.17, 15) is 0 Å². The van der Waals surface area contributed by atoms with Crippen molar-refractivity contribution in [2.24, 2.45) is 0 Å². The number of fused-ring (bicyclic) bond motifs is 5. The van der Waals surface area contributed by atoms with E-state index in [0.717, 1.165) is 36.7 Å². The smallest absolute Gasteiger partial charge is 0.165 e. The average molecular weight is 348 g/mol. The van der Waals surface area contributed by atoms with Crippen LogP contribution in [0.2, 0.25) is 0 Å². The van der Waals surface area contributed by atoms with Crippen molar-refractivity contribution in [2.75, 3.05) is 36.8 Å². The number of hydrogen-bond donors (Lipinski definition) is 2. The Labute approximate surface area is 153 Å². The third-order valence-electron chi connectivity index (χ3n) is 5.64. The molecule has 1 fully saturated rings. The quantitative estimate of drug-likeness (QED) is 0.654. The Hall–Kier alpha value is -2.60. The van der Waals surface area contributed by atoms with Crippen molar-refractivity contribution < 1.29 is 0 Å². The third-order valence-corrected chi connectivity index (χ3v) is 5.64. The average Bonchev–Trinajstić information content (AvgIpc) is 3.27. The van der Waals surface area contributed by atoms with Crippen LogP contribution in [-0.4, -0.2) is 51.7 Å². The second-order valence-electron chi connectivity index (χ2n) is 7.31. The Bertz CT molecular complexity index is 947. The van der Waals surface area contributed by atoms with Crippen molar-refractivity contribution in [3.63, 3.8) is 0 Å². The largest absolute Gasteiger partial charge is 0.383 e. The summed E-state index contributed by atoms with van der Waals surface area (Å²) in [5.41, 5.74) is 5.57. The maximum absolute atomic E-state index is 4.83. The van der Waals surface area contributed by atoms with E-state index in [1.165, 1.54) is 36.2 Å². The van der Waals surface area contributed by atoms with Gasteiger partial charge < -0.3 is 10.6 Å². The molecule has 0 aliphatic carbocycles. The van der Waals surface area contributed by atoms with Gasteiger partial charge in [-0.2, -0.15) is 5.10 Å². The highest BCUT2D eigenvalue weighted by molar-refractivity contribution is 5.81. The molecular weight excluding hydrogens is 324 g/mol. The summed E-state index contributed by atoms with van der Waals surface area (Å²) < 4.78 is 1.85. The van der Waals surface area contributed by atoms with Crippen LogP contribution in [-0.2, 0) is 0 Å². The van der Waals surface area contributed by atoms with E-state index >= 15 is 0 Å². The summed E-state index contributed by atoms with van der Waals surface area (Å²) in [6.07, 6.45) is 6.45. The number of anilines is 2. The highest BCUT2D eigenvalue weighted by Gasteiger charge is 2.24. The molecule has 2 aliphatic heterocycles. The van der Waals surface area contributed by atoms with Gasteiger partial charge in [-0.05, 0) is 55.6 Å². The predicted molar refractivity (Wildman–Crippen MR) is 105 cm³/mol. The lowest BCUT2D eigenvalue weighted by Gasteiger charge is -2.25. The fourth-order valence-electron chi connectivity index (χ4n) is 4.16. The normalized spacial score (nSPS) is 20.4. The number of aromatic nitrogens is 3. The maximum atomic E-state index is 4.83.